The van der Waals surface area contributed by atoms with Gasteiger partial charge in [-0.2, -0.15) is 0 Å². The summed E-state index contributed by atoms with van der Waals surface area (Å²) in [5, 5.41) is 19.3. The van der Waals surface area contributed by atoms with Gasteiger partial charge in [-0.25, -0.2) is 0 Å². The van der Waals surface area contributed by atoms with Crippen LogP contribution in [0.2, 0.25) is 0 Å². The maximum atomic E-state index is 12.5. The summed E-state index contributed by atoms with van der Waals surface area (Å²) in [5.41, 5.74) is 5.93. The topological polar surface area (TPSA) is 86.8 Å². The number of rotatable bonds is 3. The fraction of sp³-hybridized carbons (Fsp3) is 0.533. The van der Waals surface area contributed by atoms with Gasteiger partial charge in [0.15, 0.2) is 0 Å². The predicted octanol–water partition coefficient (Wildman–Crippen LogP) is 1.69. The van der Waals surface area contributed by atoms with Gasteiger partial charge in [0, 0.05) is 13.1 Å². The maximum Gasteiger partial charge on any atom is 0.257 e. The molecule has 0 aliphatic heterocycles. The molecule has 0 spiro atoms. The largest absolute Gasteiger partial charge is 0.508 e. The summed E-state index contributed by atoms with van der Waals surface area (Å²) in [4.78, 5) is 14.2. The van der Waals surface area contributed by atoms with Gasteiger partial charge in [-0.3, -0.25) is 4.79 Å². The molecule has 5 nitrogen and oxygen atoms in total. The highest BCUT2D eigenvalue weighted by Gasteiger charge is 2.31. The lowest BCUT2D eigenvalue weighted by Gasteiger charge is -2.37. The average Bonchev–Trinajstić information content (AvgIpc) is 2.48. The molecule has 0 aromatic heterocycles. The Morgan fingerprint density at radius 2 is 2.05 bits per heavy atom. The standard InChI is InChI=1S/C15H22N2O3/c1-17(13-5-3-2-4-10(13)9-16)15(20)12-8-11(18)6-7-14(12)19/h6-8,10,13,18-19H,2-5,9,16H2,1H3. The Kier molecular flexibility index (Phi) is 4.49. The highest BCUT2D eigenvalue weighted by molar-refractivity contribution is 5.97. The number of carbonyl (C=O) groups excluding carboxylic acids is 1. The van der Waals surface area contributed by atoms with E-state index in [4.69, 9.17) is 5.73 Å². The molecule has 1 saturated carbocycles. The molecule has 5 heteroatoms. The third-order valence-corrected chi connectivity index (χ3v) is 4.20. The molecular weight excluding hydrogens is 256 g/mol. The molecule has 2 rings (SSSR count). The van der Waals surface area contributed by atoms with E-state index < -0.39 is 0 Å². The third-order valence-electron chi connectivity index (χ3n) is 4.20. The van der Waals surface area contributed by atoms with Crippen LogP contribution in [0.4, 0.5) is 0 Å². The van der Waals surface area contributed by atoms with Gasteiger partial charge in [0.25, 0.3) is 5.91 Å². The SMILES string of the molecule is CN(C(=O)c1cc(O)ccc1O)C1CCCCC1CN. The monoisotopic (exact) mass is 278 g/mol. The molecule has 0 saturated heterocycles. The molecule has 2 unspecified atom stereocenters. The molecule has 2 atom stereocenters. The van der Waals surface area contributed by atoms with Crippen molar-refractivity contribution in [2.45, 2.75) is 31.7 Å². The Balaban J connectivity index is 2.21. The van der Waals surface area contributed by atoms with Gasteiger partial charge in [0.1, 0.15) is 11.5 Å². The summed E-state index contributed by atoms with van der Waals surface area (Å²) in [6, 6.07) is 4.09. The number of phenols is 2. The van der Waals surface area contributed by atoms with Crippen LogP contribution in [-0.4, -0.2) is 40.7 Å². The minimum atomic E-state index is -0.274. The molecule has 1 fully saturated rings. The fourth-order valence-electron chi connectivity index (χ4n) is 3.01. The van der Waals surface area contributed by atoms with Crippen LogP contribution < -0.4 is 5.73 Å². The maximum absolute atomic E-state index is 12.5. The highest BCUT2D eigenvalue weighted by atomic mass is 16.3. The van der Waals surface area contributed by atoms with Crippen LogP contribution in [0.25, 0.3) is 0 Å². The molecule has 0 heterocycles. The number of hydrogen-bond donors (Lipinski definition) is 3. The van der Waals surface area contributed by atoms with Crippen LogP contribution in [0.1, 0.15) is 36.0 Å². The van der Waals surface area contributed by atoms with Crippen molar-refractivity contribution in [1.29, 1.82) is 0 Å². The Morgan fingerprint density at radius 3 is 2.75 bits per heavy atom. The number of phenolic OH excluding ortho intramolecular Hbond substituents is 2. The molecular formula is C15H22N2O3. The van der Waals surface area contributed by atoms with E-state index in [1.165, 1.54) is 18.2 Å². The molecule has 20 heavy (non-hydrogen) atoms. The zero-order valence-corrected chi connectivity index (χ0v) is 11.7. The Hall–Kier alpha value is -1.75. The van der Waals surface area contributed by atoms with E-state index in [1.807, 2.05) is 0 Å². The lowest BCUT2D eigenvalue weighted by atomic mass is 9.83. The first kappa shape index (κ1) is 14.7. The van der Waals surface area contributed by atoms with E-state index in [-0.39, 0.29) is 29.0 Å². The summed E-state index contributed by atoms with van der Waals surface area (Å²) >= 11 is 0. The summed E-state index contributed by atoms with van der Waals surface area (Å²) in [6.07, 6.45) is 4.21. The van der Waals surface area contributed by atoms with Crippen LogP contribution in [-0.2, 0) is 0 Å². The van der Waals surface area contributed by atoms with Crippen molar-refractivity contribution in [2.24, 2.45) is 11.7 Å². The molecule has 1 amide bonds. The van der Waals surface area contributed by atoms with Crippen molar-refractivity contribution in [3.63, 3.8) is 0 Å². The number of benzene rings is 1. The van der Waals surface area contributed by atoms with E-state index in [1.54, 1.807) is 11.9 Å². The second-order valence-electron chi connectivity index (χ2n) is 5.47. The van der Waals surface area contributed by atoms with Crippen molar-refractivity contribution in [3.8, 4) is 11.5 Å². The van der Waals surface area contributed by atoms with Gasteiger partial charge in [-0.05, 0) is 43.5 Å². The van der Waals surface area contributed by atoms with Crippen LogP contribution in [0.15, 0.2) is 18.2 Å². The minimum absolute atomic E-state index is 0.0291. The first-order valence-corrected chi connectivity index (χ1v) is 7.03. The lowest BCUT2D eigenvalue weighted by Crippen LogP contribution is -2.45. The molecule has 110 valence electrons. The zero-order valence-electron chi connectivity index (χ0n) is 11.7. The van der Waals surface area contributed by atoms with Gasteiger partial charge in [-0.1, -0.05) is 12.8 Å². The lowest BCUT2D eigenvalue weighted by molar-refractivity contribution is 0.0617. The van der Waals surface area contributed by atoms with Gasteiger partial charge >= 0.3 is 0 Å². The minimum Gasteiger partial charge on any atom is -0.508 e. The number of nitrogens with zero attached hydrogens (tertiary/aromatic N) is 1. The number of hydrogen-bond acceptors (Lipinski definition) is 4. The Bertz CT molecular complexity index is 490. The average molecular weight is 278 g/mol. The number of amides is 1. The van der Waals surface area contributed by atoms with Crippen molar-refractivity contribution in [2.75, 3.05) is 13.6 Å². The van der Waals surface area contributed by atoms with E-state index in [9.17, 15) is 15.0 Å². The molecule has 1 aromatic rings. The van der Waals surface area contributed by atoms with E-state index >= 15 is 0 Å². The van der Waals surface area contributed by atoms with Crippen molar-refractivity contribution in [3.05, 3.63) is 23.8 Å². The molecule has 4 N–H and O–H groups in total. The summed E-state index contributed by atoms with van der Waals surface area (Å²) in [7, 11) is 1.74. The predicted molar refractivity (Wildman–Crippen MR) is 76.7 cm³/mol. The first-order valence-electron chi connectivity index (χ1n) is 7.03. The molecule has 1 aliphatic rings. The Labute approximate surface area is 119 Å². The van der Waals surface area contributed by atoms with Crippen molar-refractivity contribution in [1.82, 2.24) is 4.90 Å². The van der Waals surface area contributed by atoms with Gasteiger partial charge in [0.05, 0.1) is 5.56 Å². The quantitative estimate of drug-likeness (QED) is 0.734. The third kappa shape index (κ3) is 2.88. The van der Waals surface area contributed by atoms with Crippen molar-refractivity contribution >= 4 is 5.91 Å². The smallest absolute Gasteiger partial charge is 0.257 e. The van der Waals surface area contributed by atoms with Gasteiger partial charge in [-0.15, -0.1) is 0 Å². The fourth-order valence-corrected chi connectivity index (χ4v) is 3.01. The normalized spacial score (nSPS) is 22.5. The molecule has 0 radical (unpaired) electrons. The van der Waals surface area contributed by atoms with E-state index in [0.29, 0.717) is 12.5 Å². The van der Waals surface area contributed by atoms with Crippen LogP contribution in [0, 0.1) is 5.92 Å². The number of carbonyl (C=O) groups is 1. The van der Waals surface area contributed by atoms with Crippen LogP contribution >= 0.6 is 0 Å². The molecule has 1 aliphatic carbocycles. The van der Waals surface area contributed by atoms with Crippen LogP contribution in [0.5, 0.6) is 11.5 Å². The molecule has 1 aromatic carbocycles. The second kappa shape index (κ2) is 6.13. The summed E-state index contributed by atoms with van der Waals surface area (Å²) < 4.78 is 0. The van der Waals surface area contributed by atoms with Gasteiger partial charge < -0.3 is 20.8 Å². The second-order valence-corrected chi connectivity index (χ2v) is 5.47. The summed E-state index contributed by atoms with van der Waals surface area (Å²) in [6.45, 7) is 0.564. The highest BCUT2D eigenvalue weighted by Crippen LogP contribution is 2.30. The zero-order chi connectivity index (χ0) is 14.7. The van der Waals surface area contributed by atoms with Crippen molar-refractivity contribution < 1.29 is 15.0 Å². The number of nitrogens with two attached hydrogens (primary N) is 1. The van der Waals surface area contributed by atoms with E-state index in [0.717, 1.165) is 25.7 Å². The van der Waals surface area contributed by atoms with E-state index in [2.05, 4.69) is 0 Å². The van der Waals surface area contributed by atoms with Crippen LogP contribution in [0.3, 0.4) is 0 Å². The first-order chi connectivity index (χ1) is 9.54. The van der Waals surface area contributed by atoms with Gasteiger partial charge in [0.2, 0.25) is 0 Å². The summed E-state index contributed by atoms with van der Waals surface area (Å²) in [5.74, 6) is -0.112. The molecule has 0 bridgehead atoms. The Morgan fingerprint density at radius 1 is 1.35 bits per heavy atom. The number of aromatic hydroxyl groups is 2.